The van der Waals surface area contributed by atoms with Crippen molar-refractivity contribution in [3.05, 3.63) is 60.7 Å². The number of likely N-dealkylation sites (N-methyl/N-ethyl adjacent to an activating group) is 2. The zero-order chi connectivity index (χ0) is 15.8. The van der Waals surface area contributed by atoms with Crippen LogP contribution in [0.1, 0.15) is 13.8 Å². The van der Waals surface area contributed by atoms with E-state index in [0.717, 1.165) is 24.5 Å². The summed E-state index contributed by atoms with van der Waals surface area (Å²) in [6.07, 6.45) is -0.389. The molecule has 2 aromatic carbocycles. The third-order valence-electron chi connectivity index (χ3n) is 3.87. The first-order valence-corrected chi connectivity index (χ1v) is 8.02. The van der Waals surface area contributed by atoms with Crippen molar-refractivity contribution in [2.24, 2.45) is 0 Å². The predicted octanol–water partition coefficient (Wildman–Crippen LogP) is 3.40. The molecule has 0 saturated carbocycles. The number of benzene rings is 2. The number of anilines is 2. The number of nitrogens with zero attached hydrogens (tertiary/aromatic N) is 2. The fourth-order valence-corrected chi connectivity index (χ4v) is 2.68. The first-order chi connectivity index (χ1) is 10.7. The molecule has 0 amide bonds. The summed E-state index contributed by atoms with van der Waals surface area (Å²) in [5, 5.41) is 10.5. The molecule has 0 heterocycles. The van der Waals surface area contributed by atoms with Crippen molar-refractivity contribution >= 4 is 11.4 Å². The SMILES string of the molecule is CCN(CC(O)CN(CC)c1ccccc1)c1ccccc1. The molecule has 118 valence electrons. The zero-order valence-corrected chi connectivity index (χ0v) is 13.5. The predicted molar refractivity (Wildman–Crippen MR) is 94.7 cm³/mol. The molecule has 0 saturated heterocycles. The molecule has 0 aliphatic rings. The second-order valence-electron chi connectivity index (χ2n) is 5.40. The Bertz CT molecular complexity index is 480. The second-order valence-corrected chi connectivity index (χ2v) is 5.40. The molecule has 0 aromatic heterocycles. The lowest BCUT2D eigenvalue weighted by molar-refractivity contribution is 0.185. The molecule has 1 N–H and O–H groups in total. The minimum atomic E-state index is -0.389. The van der Waals surface area contributed by atoms with Crippen LogP contribution in [0.2, 0.25) is 0 Å². The van der Waals surface area contributed by atoms with Crippen LogP contribution in [-0.2, 0) is 0 Å². The summed E-state index contributed by atoms with van der Waals surface area (Å²) in [6.45, 7) is 7.30. The summed E-state index contributed by atoms with van der Waals surface area (Å²) in [5.41, 5.74) is 2.32. The Morgan fingerprint density at radius 2 is 1.09 bits per heavy atom. The van der Waals surface area contributed by atoms with Gasteiger partial charge in [-0.15, -0.1) is 0 Å². The normalized spacial score (nSPS) is 10.7. The summed E-state index contributed by atoms with van der Waals surface area (Å²) in [4.78, 5) is 4.42. The molecule has 0 unspecified atom stereocenters. The number of hydrogen-bond acceptors (Lipinski definition) is 3. The number of para-hydroxylation sites is 2. The van der Waals surface area contributed by atoms with Crippen LogP contribution in [0.3, 0.4) is 0 Å². The lowest BCUT2D eigenvalue weighted by atomic mass is 10.2. The monoisotopic (exact) mass is 298 g/mol. The fourth-order valence-electron chi connectivity index (χ4n) is 2.68. The third kappa shape index (κ3) is 4.50. The molecule has 0 radical (unpaired) electrons. The average Bonchev–Trinajstić information content (AvgIpc) is 2.59. The van der Waals surface area contributed by atoms with Gasteiger partial charge in [0.05, 0.1) is 6.10 Å². The number of aliphatic hydroxyl groups is 1. The summed E-state index contributed by atoms with van der Waals surface area (Å²) in [6, 6.07) is 20.5. The second kappa shape index (κ2) is 8.44. The van der Waals surface area contributed by atoms with Gasteiger partial charge in [0, 0.05) is 37.6 Å². The van der Waals surface area contributed by atoms with Crippen LogP contribution in [-0.4, -0.2) is 37.4 Å². The standard InChI is InChI=1S/C19H26N2O/c1-3-20(17-11-7-5-8-12-17)15-19(22)16-21(4-2)18-13-9-6-10-14-18/h5-14,19,22H,3-4,15-16H2,1-2H3. The zero-order valence-electron chi connectivity index (χ0n) is 13.5. The molecule has 22 heavy (non-hydrogen) atoms. The number of hydrogen-bond donors (Lipinski definition) is 1. The number of rotatable bonds is 8. The van der Waals surface area contributed by atoms with Crippen molar-refractivity contribution in [2.45, 2.75) is 20.0 Å². The minimum absolute atomic E-state index is 0.389. The van der Waals surface area contributed by atoms with Gasteiger partial charge in [-0.05, 0) is 38.1 Å². The maximum Gasteiger partial charge on any atom is 0.0889 e. The third-order valence-corrected chi connectivity index (χ3v) is 3.87. The van der Waals surface area contributed by atoms with Crippen molar-refractivity contribution < 1.29 is 5.11 Å². The van der Waals surface area contributed by atoms with Gasteiger partial charge in [-0.1, -0.05) is 36.4 Å². The van der Waals surface area contributed by atoms with E-state index in [1.54, 1.807) is 0 Å². The van der Waals surface area contributed by atoms with Gasteiger partial charge >= 0.3 is 0 Å². The maximum absolute atomic E-state index is 10.5. The molecule has 2 aromatic rings. The van der Waals surface area contributed by atoms with E-state index >= 15 is 0 Å². The lowest BCUT2D eigenvalue weighted by Gasteiger charge is -2.30. The summed E-state index contributed by atoms with van der Waals surface area (Å²) in [7, 11) is 0. The highest BCUT2D eigenvalue weighted by molar-refractivity contribution is 5.47. The minimum Gasteiger partial charge on any atom is -0.389 e. The van der Waals surface area contributed by atoms with Gasteiger partial charge in [0.25, 0.3) is 0 Å². The molecule has 0 bridgehead atoms. The van der Waals surface area contributed by atoms with Gasteiger partial charge in [0.15, 0.2) is 0 Å². The molecule has 0 aliphatic carbocycles. The number of aliphatic hydroxyl groups excluding tert-OH is 1. The van der Waals surface area contributed by atoms with E-state index in [0.29, 0.717) is 13.1 Å². The molecule has 0 fully saturated rings. The Kier molecular flexibility index (Phi) is 6.28. The van der Waals surface area contributed by atoms with Crippen LogP contribution in [0.5, 0.6) is 0 Å². The van der Waals surface area contributed by atoms with Crippen molar-refractivity contribution in [3.8, 4) is 0 Å². The highest BCUT2D eigenvalue weighted by Crippen LogP contribution is 2.16. The molecule has 3 nitrogen and oxygen atoms in total. The first-order valence-electron chi connectivity index (χ1n) is 8.02. The Hall–Kier alpha value is -2.00. The van der Waals surface area contributed by atoms with E-state index in [4.69, 9.17) is 0 Å². The molecular formula is C19H26N2O. The van der Waals surface area contributed by atoms with Gasteiger partial charge in [0.1, 0.15) is 0 Å². The summed E-state index contributed by atoms with van der Waals surface area (Å²) >= 11 is 0. The van der Waals surface area contributed by atoms with Crippen LogP contribution < -0.4 is 9.80 Å². The Balaban J connectivity index is 1.97. The van der Waals surface area contributed by atoms with Crippen LogP contribution >= 0.6 is 0 Å². The Morgan fingerprint density at radius 3 is 1.41 bits per heavy atom. The molecule has 0 spiro atoms. The van der Waals surface area contributed by atoms with Crippen molar-refractivity contribution in [3.63, 3.8) is 0 Å². The van der Waals surface area contributed by atoms with Gasteiger partial charge in [-0.25, -0.2) is 0 Å². The van der Waals surface area contributed by atoms with Gasteiger partial charge in [0.2, 0.25) is 0 Å². The Labute approximate surface area is 133 Å². The van der Waals surface area contributed by atoms with Crippen LogP contribution in [0.25, 0.3) is 0 Å². The van der Waals surface area contributed by atoms with Crippen LogP contribution in [0.4, 0.5) is 11.4 Å². The molecule has 3 heteroatoms. The summed E-state index contributed by atoms with van der Waals surface area (Å²) < 4.78 is 0. The highest BCUT2D eigenvalue weighted by atomic mass is 16.3. The maximum atomic E-state index is 10.5. The smallest absolute Gasteiger partial charge is 0.0889 e. The quantitative estimate of drug-likeness (QED) is 0.809. The molecule has 0 aliphatic heterocycles. The van der Waals surface area contributed by atoms with Crippen molar-refractivity contribution in [2.75, 3.05) is 36.0 Å². The largest absolute Gasteiger partial charge is 0.389 e. The highest BCUT2D eigenvalue weighted by Gasteiger charge is 2.14. The van der Waals surface area contributed by atoms with Crippen LogP contribution in [0.15, 0.2) is 60.7 Å². The molecule has 0 atom stereocenters. The van der Waals surface area contributed by atoms with Crippen LogP contribution in [0, 0.1) is 0 Å². The summed E-state index contributed by atoms with van der Waals surface area (Å²) in [5.74, 6) is 0. The topological polar surface area (TPSA) is 26.7 Å². The van der Waals surface area contributed by atoms with Gasteiger partial charge in [-0.2, -0.15) is 0 Å². The molecule has 2 rings (SSSR count). The van der Waals surface area contributed by atoms with E-state index in [9.17, 15) is 5.11 Å². The molecular weight excluding hydrogens is 272 g/mol. The van der Waals surface area contributed by atoms with E-state index in [1.165, 1.54) is 0 Å². The van der Waals surface area contributed by atoms with Gasteiger partial charge in [-0.3, -0.25) is 0 Å². The Morgan fingerprint density at radius 1 is 0.727 bits per heavy atom. The van der Waals surface area contributed by atoms with Crippen molar-refractivity contribution in [1.29, 1.82) is 0 Å². The fraction of sp³-hybridized carbons (Fsp3) is 0.368. The van der Waals surface area contributed by atoms with E-state index in [2.05, 4.69) is 47.9 Å². The first kappa shape index (κ1) is 16.4. The van der Waals surface area contributed by atoms with E-state index in [-0.39, 0.29) is 6.10 Å². The lowest BCUT2D eigenvalue weighted by Crippen LogP contribution is -2.40. The van der Waals surface area contributed by atoms with Gasteiger partial charge < -0.3 is 14.9 Å². The average molecular weight is 298 g/mol. The van der Waals surface area contributed by atoms with E-state index < -0.39 is 0 Å². The van der Waals surface area contributed by atoms with E-state index in [1.807, 2.05) is 36.4 Å². The van der Waals surface area contributed by atoms with Crippen molar-refractivity contribution in [1.82, 2.24) is 0 Å².